The minimum absolute atomic E-state index is 0.210. The molecular weight excluding hydrogens is 242 g/mol. The number of hydrogen-bond donors (Lipinski definition) is 1. The van der Waals surface area contributed by atoms with E-state index in [2.05, 4.69) is 26.1 Å². The Morgan fingerprint density at radius 3 is 2.58 bits per heavy atom. The molecule has 114 valence electrons. The highest BCUT2D eigenvalue weighted by Crippen LogP contribution is 2.27. The molecule has 1 fully saturated rings. The van der Waals surface area contributed by atoms with Crippen molar-refractivity contribution in [2.45, 2.75) is 58.8 Å². The van der Waals surface area contributed by atoms with Gasteiger partial charge in [-0.3, -0.25) is 0 Å². The van der Waals surface area contributed by atoms with E-state index in [1.54, 1.807) is 0 Å². The van der Waals surface area contributed by atoms with E-state index < -0.39 is 0 Å². The Balaban J connectivity index is 2.12. The Morgan fingerprint density at radius 2 is 1.95 bits per heavy atom. The largest absolute Gasteiger partial charge is 0.379 e. The second kappa shape index (κ2) is 9.70. The molecule has 0 aliphatic heterocycles. The Morgan fingerprint density at radius 1 is 1.16 bits per heavy atom. The van der Waals surface area contributed by atoms with Gasteiger partial charge in [-0.25, -0.2) is 0 Å². The van der Waals surface area contributed by atoms with Crippen molar-refractivity contribution in [1.82, 2.24) is 5.32 Å². The molecule has 1 rings (SSSR count). The van der Waals surface area contributed by atoms with Crippen LogP contribution in [0.15, 0.2) is 0 Å². The van der Waals surface area contributed by atoms with Gasteiger partial charge in [0.05, 0.1) is 25.4 Å². The van der Waals surface area contributed by atoms with E-state index in [-0.39, 0.29) is 12.2 Å². The summed E-state index contributed by atoms with van der Waals surface area (Å²) < 4.78 is 17.1. The molecule has 1 aliphatic rings. The van der Waals surface area contributed by atoms with Crippen LogP contribution in [-0.2, 0) is 14.2 Å². The monoisotopic (exact) mass is 273 g/mol. The lowest BCUT2D eigenvalue weighted by Gasteiger charge is -2.44. The van der Waals surface area contributed by atoms with Crippen LogP contribution in [0.1, 0.15) is 40.5 Å². The molecule has 0 radical (unpaired) electrons. The van der Waals surface area contributed by atoms with E-state index >= 15 is 0 Å². The van der Waals surface area contributed by atoms with Crippen LogP contribution >= 0.6 is 0 Å². The van der Waals surface area contributed by atoms with Crippen molar-refractivity contribution in [2.75, 3.05) is 33.0 Å². The summed E-state index contributed by atoms with van der Waals surface area (Å²) in [6.45, 7) is 12.5. The van der Waals surface area contributed by atoms with Gasteiger partial charge in [-0.2, -0.15) is 0 Å². The van der Waals surface area contributed by atoms with Crippen LogP contribution in [0.4, 0.5) is 0 Å². The molecule has 1 aliphatic carbocycles. The van der Waals surface area contributed by atoms with E-state index in [1.165, 1.54) is 0 Å². The number of ether oxygens (including phenoxy) is 3. The van der Waals surface area contributed by atoms with Crippen LogP contribution in [0.2, 0.25) is 0 Å². The summed E-state index contributed by atoms with van der Waals surface area (Å²) in [7, 11) is 0. The summed E-state index contributed by atoms with van der Waals surface area (Å²) in [5, 5.41) is 3.51. The van der Waals surface area contributed by atoms with Crippen molar-refractivity contribution in [3.63, 3.8) is 0 Å². The maximum atomic E-state index is 5.85. The molecule has 3 atom stereocenters. The van der Waals surface area contributed by atoms with Crippen LogP contribution in [-0.4, -0.2) is 51.2 Å². The molecule has 0 bridgehead atoms. The summed E-state index contributed by atoms with van der Waals surface area (Å²) in [5.41, 5.74) is 0. The minimum atomic E-state index is 0.210. The third-order valence-corrected chi connectivity index (χ3v) is 3.28. The molecule has 0 aromatic carbocycles. The first-order chi connectivity index (χ1) is 9.19. The molecule has 19 heavy (non-hydrogen) atoms. The predicted octanol–water partition coefficient (Wildman–Crippen LogP) is 2.22. The number of rotatable bonds is 11. The molecule has 0 aromatic heterocycles. The van der Waals surface area contributed by atoms with E-state index in [9.17, 15) is 0 Å². The maximum absolute atomic E-state index is 5.85. The highest BCUT2D eigenvalue weighted by Gasteiger charge is 2.42. The van der Waals surface area contributed by atoms with Gasteiger partial charge in [-0.1, -0.05) is 20.8 Å². The lowest BCUT2D eigenvalue weighted by atomic mass is 9.85. The van der Waals surface area contributed by atoms with Gasteiger partial charge < -0.3 is 19.5 Å². The van der Waals surface area contributed by atoms with Gasteiger partial charge in [0.1, 0.15) is 0 Å². The average molecular weight is 273 g/mol. The van der Waals surface area contributed by atoms with Crippen LogP contribution in [0.3, 0.4) is 0 Å². The topological polar surface area (TPSA) is 39.7 Å². The molecule has 0 saturated heterocycles. The van der Waals surface area contributed by atoms with Crippen molar-refractivity contribution >= 4 is 0 Å². The zero-order chi connectivity index (χ0) is 14.1. The fourth-order valence-corrected chi connectivity index (χ4v) is 2.27. The fraction of sp³-hybridized carbons (Fsp3) is 1.00. The first-order valence-electron chi connectivity index (χ1n) is 7.73. The Kier molecular flexibility index (Phi) is 8.62. The van der Waals surface area contributed by atoms with Crippen LogP contribution in [0.5, 0.6) is 0 Å². The zero-order valence-electron chi connectivity index (χ0n) is 13.0. The number of nitrogens with one attached hydrogen (secondary N) is 1. The molecule has 0 spiro atoms. The molecular formula is C15H31NO3. The SMILES string of the molecule is CCCNC1CC(OCCOCC(C)C)C1OCC. The normalized spacial score (nSPS) is 26.7. The zero-order valence-corrected chi connectivity index (χ0v) is 13.0. The molecule has 0 amide bonds. The fourth-order valence-electron chi connectivity index (χ4n) is 2.27. The Hall–Kier alpha value is -0.160. The standard InChI is InChI=1S/C15H31NO3/c1-5-7-16-13-10-14(15(13)18-6-2)19-9-8-17-11-12(3)4/h12-16H,5-11H2,1-4H3. The smallest absolute Gasteiger partial charge is 0.0990 e. The molecule has 4 nitrogen and oxygen atoms in total. The molecule has 0 aromatic rings. The first kappa shape index (κ1) is 16.9. The van der Waals surface area contributed by atoms with E-state index in [0.29, 0.717) is 25.2 Å². The summed E-state index contributed by atoms with van der Waals surface area (Å²) in [6.07, 6.45) is 2.65. The minimum Gasteiger partial charge on any atom is -0.379 e. The molecule has 3 unspecified atom stereocenters. The summed E-state index contributed by atoms with van der Waals surface area (Å²) in [6, 6.07) is 0.460. The van der Waals surface area contributed by atoms with Crippen molar-refractivity contribution in [3.8, 4) is 0 Å². The summed E-state index contributed by atoms with van der Waals surface area (Å²) in [4.78, 5) is 0. The van der Waals surface area contributed by atoms with Crippen molar-refractivity contribution in [3.05, 3.63) is 0 Å². The predicted molar refractivity (Wildman–Crippen MR) is 77.5 cm³/mol. The maximum Gasteiger partial charge on any atom is 0.0990 e. The van der Waals surface area contributed by atoms with Crippen molar-refractivity contribution in [2.24, 2.45) is 5.92 Å². The Labute approximate surface area is 118 Å². The first-order valence-corrected chi connectivity index (χ1v) is 7.73. The van der Waals surface area contributed by atoms with E-state index in [0.717, 1.165) is 32.6 Å². The molecule has 1 saturated carbocycles. The summed E-state index contributed by atoms with van der Waals surface area (Å²) in [5.74, 6) is 0.586. The third kappa shape index (κ3) is 6.21. The van der Waals surface area contributed by atoms with Gasteiger partial charge in [-0.05, 0) is 32.2 Å². The van der Waals surface area contributed by atoms with Gasteiger partial charge in [0.15, 0.2) is 0 Å². The molecule has 1 N–H and O–H groups in total. The van der Waals surface area contributed by atoms with Crippen molar-refractivity contribution < 1.29 is 14.2 Å². The lowest BCUT2D eigenvalue weighted by Crippen LogP contribution is -2.60. The highest BCUT2D eigenvalue weighted by molar-refractivity contribution is 4.97. The second-order valence-corrected chi connectivity index (χ2v) is 5.59. The van der Waals surface area contributed by atoms with Crippen molar-refractivity contribution in [1.29, 1.82) is 0 Å². The van der Waals surface area contributed by atoms with E-state index in [4.69, 9.17) is 14.2 Å². The lowest BCUT2D eigenvalue weighted by molar-refractivity contribution is -0.151. The van der Waals surface area contributed by atoms with Gasteiger partial charge >= 0.3 is 0 Å². The quantitative estimate of drug-likeness (QED) is 0.586. The molecule has 0 heterocycles. The van der Waals surface area contributed by atoms with Gasteiger partial charge in [0.25, 0.3) is 0 Å². The van der Waals surface area contributed by atoms with Crippen LogP contribution < -0.4 is 5.32 Å². The second-order valence-electron chi connectivity index (χ2n) is 5.59. The van der Waals surface area contributed by atoms with Gasteiger partial charge in [0.2, 0.25) is 0 Å². The van der Waals surface area contributed by atoms with Gasteiger partial charge in [-0.15, -0.1) is 0 Å². The average Bonchev–Trinajstić information content (AvgIpc) is 2.37. The summed E-state index contributed by atoms with van der Waals surface area (Å²) >= 11 is 0. The van der Waals surface area contributed by atoms with Crippen LogP contribution in [0.25, 0.3) is 0 Å². The molecule has 4 heteroatoms. The van der Waals surface area contributed by atoms with E-state index in [1.807, 2.05) is 6.92 Å². The third-order valence-electron chi connectivity index (χ3n) is 3.28. The van der Waals surface area contributed by atoms with Crippen LogP contribution in [0, 0.1) is 5.92 Å². The van der Waals surface area contributed by atoms with Gasteiger partial charge in [0, 0.05) is 19.3 Å². The highest BCUT2D eigenvalue weighted by atomic mass is 16.6. The Bertz CT molecular complexity index is 223. The number of hydrogen-bond acceptors (Lipinski definition) is 4.